The van der Waals surface area contributed by atoms with Crippen molar-refractivity contribution < 1.29 is 9.53 Å². The van der Waals surface area contributed by atoms with Gasteiger partial charge in [-0.05, 0) is 33.0 Å². The lowest BCUT2D eigenvalue weighted by atomic mass is 10.1. The van der Waals surface area contributed by atoms with Crippen molar-refractivity contribution in [2.45, 2.75) is 31.8 Å². The lowest BCUT2D eigenvalue weighted by Crippen LogP contribution is -2.49. The van der Waals surface area contributed by atoms with Gasteiger partial charge in [-0.2, -0.15) is 0 Å². The van der Waals surface area contributed by atoms with Crippen LogP contribution in [0.5, 0.6) is 0 Å². The third-order valence-corrected chi connectivity index (χ3v) is 3.63. The van der Waals surface area contributed by atoms with Crippen LogP contribution in [0.25, 0.3) is 0 Å². The summed E-state index contributed by atoms with van der Waals surface area (Å²) in [6.45, 7) is 5.61. The Balaban J connectivity index is 2.51. The lowest BCUT2D eigenvalue weighted by Gasteiger charge is -2.31. The molecule has 17 heavy (non-hydrogen) atoms. The van der Waals surface area contributed by atoms with Crippen molar-refractivity contribution >= 4 is 5.97 Å². The van der Waals surface area contributed by atoms with Crippen LogP contribution in [0.3, 0.4) is 0 Å². The Labute approximate surface area is 104 Å². The standard InChI is InChI=1S/C12H25N3O2/c1-4-15-7-5-6-10(15)9-14(2)11(8-13)12(16)17-3/h10-11H,4-9,13H2,1-3H3. The maximum Gasteiger partial charge on any atom is 0.324 e. The van der Waals surface area contributed by atoms with Crippen molar-refractivity contribution in [1.29, 1.82) is 0 Å². The Morgan fingerprint density at radius 3 is 2.88 bits per heavy atom. The Hall–Kier alpha value is -0.650. The monoisotopic (exact) mass is 243 g/mol. The van der Waals surface area contributed by atoms with E-state index in [0.29, 0.717) is 12.6 Å². The summed E-state index contributed by atoms with van der Waals surface area (Å²) in [6.07, 6.45) is 2.45. The summed E-state index contributed by atoms with van der Waals surface area (Å²) in [5.41, 5.74) is 5.64. The molecular formula is C12H25N3O2. The highest BCUT2D eigenvalue weighted by molar-refractivity contribution is 5.75. The molecule has 2 atom stereocenters. The zero-order valence-electron chi connectivity index (χ0n) is 11.2. The van der Waals surface area contributed by atoms with Crippen molar-refractivity contribution in [1.82, 2.24) is 9.80 Å². The number of nitrogens with zero attached hydrogens (tertiary/aromatic N) is 2. The highest BCUT2D eigenvalue weighted by Gasteiger charge is 2.29. The third-order valence-electron chi connectivity index (χ3n) is 3.63. The molecule has 2 N–H and O–H groups in total. The smallest absolute Gasteiger partial charge is 0.324 e. The van der Waals surface area contributed by atoms with Crippen molar-refractivity contribution in [3.63, 3.8) is 0 Å². The first-order valence-electron chi connectivity index (χ1n) is 6.36. The van der Waals surface area contributed by atoms with Crippen LogP contribution in [0.15, 0.2) is 0 Å². The van der Waals surface area contributed by atoms with Gasteiger partial charge >= 0.3 is 5.97 Å². The van der Waals surface area contributed by atoms with E-state index in [1.165, 1.54) is 26.5 Å². The Morgan fingerprint density at radius 2 is 2.35 bits per heavy atom. The molecule has 0 bridgehead atoms. The van der Waals surface area contributed by atoms with Gasteiger partial charge in [-0.15, -0.1) is 0 Å². The molecule has 2 unspecified atom stereocenters. The van der Waals surface area contributed by atoms with E-state index < -0.39 is 0 Å². The van der Waals surface area contributed by atoms with Gasteiger partial charge in [-0.25, -0.2) is 0 Å². The molecule has 0 amide bonds. The van der Waals surface area contributed by atoms with Crippen LogP contribution in [0, 0.1) is 0 Å². The van der Waals surface area contributed by atoms with E-state index in [4.69, 9.17) is 10.5 Å². The molecule has 1 aliphatic rings. The summed E-state index contributed by atoms with van der Waals surface area (Å²) in [6, 6.07) is 0.225. The SMILES string of the molecule is CCN1CCCC1CN(C)C(CN)C(=O)OC. The Bertz CT molecular complexity index is 248. The summed E-state index contributed by atoms with van der Waals surface area (Å²) >= 11 is 0. The van der Waals surface area contributed by atoms with Gasteiger partial charge in [0.2, 0.25) is 0 Å². The summed E-state index contributed by atoms with van der Waals surface area (Å²) in [7, 11) is 3.35. The van der Waals surface area contributed by atoms with Crippen molar-refractivity contribution in [3.05, 3.63) is 0 Å². The number of rotatable bonds is 6. The average molecular weight is 243 g/mol. The average Bonchev–Trinajstić information content (AvgIpc) is 2.76. The number of nitrogens with two attached hydrogens (primary N) is 1. The van der Waals surface area contributed by atoms with E-state index in [1.807, 2.05) is 11.9 Å². The van der Waals surface area contributed by atoms with Gasteiger partial charge in [0.15, 0.2) is 0 Å². The second-order valence-corrected chi connectivity index (χ2v) is 4.64. The predicted octanol–water partition coefficient (Wildman–Crippen LogP) is -0.0972. The van der Waals surface area contributed by atoms with E-state index in [-0.39, 0.29) is 12.0 Å². The fraction of sp³-hybridized carbons (Fsp3) is 0.917. The van der Waals surface area contributed by atoms with Crippen LogP contribution in [-0.4, -0.2) is 68.2 Å². The zero-order chi connectivity index (χ0) is 12.8. The van der Waals surface area contributed by atoms with E-state index in [1.54, 1.807) is 0 Å². The zero-order valence-corrected chi connectivity index (χ0v) is 11.2. The first-order valence-corrected chi connectivity index (χ1v) is 6.36. The maximum absolute atomic E-state index is 11.6. The quantitative estimate of drug-likeness (QED) is 0.660. The number of carbonyl (C=O) groups is 1. The lowest BCUT2D eigenvalue weighted by molar-refractivity contribution is -0.146. The van der Waals surface area contributed by atoms with Gasteiger partial charge in [0.25, 0.3) is 0 Å². The molecule has 0 radical (unpaired) electrons. The second-order valence-electron chi connectivity index (χ2n) is 4.64. The molecule has 1 heterocycles. The molecular weight excluding hydrogens is 218 g/mol. The molecule has 0 aromatic carbocycles. The highest BCUT2D eigenvalue weighted by Crippen LogP contribution is 2.18. The Morgan fingerprint density at radius 1 is 1.65 bits per heavy atom. The van der Waals surface area contributed by atoms with E-state index in [9.17, 15) is 4.79 Å². The van der Waals surface area contributed by atoms with Crippen LogP contribution < -0.4 is 5.73 Å². The number of esters is 1. The molecule has 0 saturated carbocycles. The first kappa shape index (κ1) is 14.4. The number of hydrogen-bond donors (Lipinski definition) is 1. The summed E-state index contributed by atoms with van der Waals surface area (Å²) in [5.74, 6) is -0.240. The fourth-order valence-electron chi connectivity index (χ4n) is 2.57. The second kappa shape index (κ2) is 6.93. The van der Waals surface area contributed by atoms with Gasteiger partial charge in [-0.1, -0.05) is 6.92 Å². The molecule has 1 aliphatic heterocycles. The molecule has 1 fully saturated rings. The number of ether oxygens (including phenoxy) is 1. The Kier molecular flexibility index (Phi) is 5.88. The molecule has 0 spiro atoms. The molecule has 1 rings (SSSR count). The normalized spacial score (nSPS) is 23.0. The van der Waals surface area contributed by atoms with Gasteiger partial charge < -0.3 is 10.5 Å². The maximum atomic E-state index is 11.6. The highest BCUT2D eigenvalue weighted by atomic mass is 16.5. The van der Waals surface area contributed by atoms with Gasteiger partial charge in [-0.3, -0.25) is 14.6 Å². The number of likely N-dealkylation sites (N-methyl/N-ethyl adjacent to an activating group) is 2. The van der Waals surface area contributed by atoms with Crippen molar-refractivity contribution in [2.75, 3.05) is 40.3 Å². The van der Waals surface area contributed by atoms with Crippen LogP contribution in [0.2, 0.25) is 0 Å². The molecule has 0 aromatic rings. The molecule has 0 aromatic heterocycles. The minimum absolute atomic E-state index is 0.240. The largest absolute Gasteiger partial charge is 0.468 e. The molecule has 0 aliphatic carbocycles. The van der Waals surface area contributed by atoms with E-state index >= 15 is 0 Å². The van der Waals surface area contributed by atoms with Crippen LogP contribution in [-0.2, 0) is 9.53 Å². The van der Waals surface area contributed by atoms with Crippen LogP contribution >= 0.6 is 0 Å². The molecule has 5 heteroatoms. The molecule has 5 nitrogen and oxygen atoms in total. The van der Waals surface area contributed by atoms with E-state index in [2.05, 4.69) is 11.8 Å². The topological polar surface area (TPSA) is 58.8 Å². The van der Waals surface area contributed by atoms with Crippen molar-refractivity contribution in [3.8, 4) is 0 Å². The van der Waals surface area contributed by atoms with Gasteiger partial charge in [0.1, 0.15) is 6.04 Å². The van der Waals surface area contributed by atoms with Gasteiger partial charge in [0, 0.05) is 19.1 Å². The predicted molar refractivity (Wildman–Crippen MR) is 67.8 cm³/mol. The number of carbonyl (C=O) groups excluding carboxylic acids is 1. The molecule has 100 valence electrons. The van der Waals surface area contributed by atoms with Gasteiger partial charge in [0.05, 0.1) is 7.11 Å². The minimum Gasteiger partial charge on any atom is -0.468 e. The summed E-state index contributed by atoms with van der Waals surface area (Å²) in [4.78, 5) is 16.0. The number of methoxy groups -OCH3 is 1. The minimum atomic E-state index is -0.320. The van der Waals surface area contributed by atoms with Crippen LogP contribution in [0.4, 0.5) is 0 Å². The first-order chi connectivity index (χ1) is 8.13. The van der Waals surface area contributed by atoms with Crippen LogP contribution in [0.1, 0.15) is 19.8 Å². The number of hydrogen-bond acceptors (Lipinski definition) is 5. The summed E-state index contributed by atoms with van der Waals surface area (Å²) in [5, 5.41) is 0. The third kappa shape index (κ3) is 3.66. The summed E-state index contributed by atoms with van der Waals surface area (Å²) < 4.78 is 4.77. The van der Waals surface area contributed by atoms with Crippen molar-refractivity contribution in [2.24, 2.45) is 5.73 Å². The van der Waals surface area contributed by atoms with E-state index in [0.717, 1.165) is 13.1 Å². The molecule has 1 saturated heterocycles. The number of likely N-dealkylation sites (tertiary alicyclic amines) is 1. The fourth-order valence-corrected chi connectivity index (χ4v) is 2.57.